The van der Waals surface area contributed by atoms with Gasteiger partial charge in [-0.15, -0.1) is 0 Å². The van der Waals surface area contributed by atoms with Gasteiger partial charge in [-0.1, -0.05) is 25.1 Å². The Bertz CT molecular complexity index is 522. The van der Waals surface area contributed by atoms with Crippen LogP contribution < -0.4 is 10.1 Å². The van der Waals surface area contributed by atoms with Gasteiger partial charge in [-0.25, -0.2) is 4.98 Å². The Morgan fingerprint density at radius 3 is 2.79 bits per heavy atom. The zero-order valence-electron chi connectivity index (χ0n) is 11.8. The first-order valence-electron chi connectivity index (χ1n) is 6.58. The van der Waals surface area contributed by atoms with Gasteiger partial charge in [0.1, 0.15) is 11.6 Å². The Balaban J connectivity index is 2.27. The minimum Gasteiger partial charge on any atom is -0.496 e. The molecule has 1 aromatic heterocycles. The smallest absolute Gasteiger partial charge is 0.123 e. The number of methoxy groups -OCH3 is 1. The van der Waals surface area contributed by atoms with E-state index in [-0.39, 0.29) is 6.04 Å². The van der Waals surface area contributed by atoms with Crippen LogP contribution in [0.1, 0.15) is 24.4 Å². The Morgan fingerprint density at radius 1 is 1.37 bits per heavy atom. The van der Waals surface area contributed by atoms with Crippen LogP contribution in [-0.2, 0) is 13.5 Å². The van der Waals surface area contributed by atoms with E-state index in [1.807, 2.05) is 37.6 Å². The van der Waals surface area contributed by atoms with Crippen LogP contribution in [0.15, 0.2) is 36.7 Å². The summed E-state index contributed by atoms with van der Waals surface area (Å²) in [7, 11) is 3.73. The van der Waals surface area contributed by atoms with Crippen LogP contribution in [0, 0.1) is 0 Å². The minimum absolute atomic E-state index is 0.210. The highest BCUT2D eigenvalue weighted by Gasteiger charge is 2.17. The van der Waals surface area contributed by atoms with Crippen molar-refractivity contribution in [3.63, 3.8) is 0 Å². The summed E-state index contributed by atoms with van der Waals surface area (Å²) in [5, 5.41) is 3.51. The number of hydrogen-bond acceptors (Lipinski definition) is 3. The molecule has 1 heterocycles. The fourth-order valence-corrected chi connectivity index (χ4v) is 2.27. The third kappa shape index (κ3) is 3.15. The van der Waals surface area contributed by atoms with Crippen molar-refractivity contribution in [2.75, 3.05) is 13.7 Å². The van der Waals surface area contributed by atoms with Gasteiger partial charge in [-0.05, 0) is 12.6 Å². The quantitative estimate of drug-likeness (QED) is 0.865. The normalized spacial score (nSPS) is 12.4. The minimum atomic E-state index is 0.210. The van der Waals surface area contributed by atoms with E-state index in [4.69, 9.17) is 4.74 Å². The Morgan fingerprint density at radius 2 is 2.16 bits per heavy atom. The Kier molecular flexibility index (Phi) is 4.58. The molecule has 0 aliphatic rings. The SMILES string of the molecule is CCNC(Cc1nccn1C)c1ccccc1OC. The predicted molar refractivity (Wildman–Crippen MR) is 76.3 cm³/mol. The van der Waals surface area contributed by atoms with Gasteiger partial charge in [0.2, 0.25) is 0 Å². The first-order valence-corrected chi connectivity index (χ1v) is 6.58. The fourth-order valence-electron chi connectivity index (χ4n) is 2.27. The second-order valence-corrected chi connectivity index (χ2v) is 4.51. The molecule has 0 radical (unpaired) electrons. The monoisotopic (exact) mass is 259 g/mol. The summed E-state index contributed by atoms with van der Waals surface area (Å²) in [6.45, 7) is 3.02. The van der Waals surface area contributed by atoms with Gasteiger partial charge in [-0.2, -0.15) is 0 Å². The largest absolute Gasteiger partial charge is 0.496 e. The van der Waals surface area contributed by atoms with Crippen molar-refractivity contribution >= 4 is 0 Å². The molecule has 0 aliphatic heterocycles. The molecular formula is C15H21N3O. The van der Waals surface area contributed by atoms with Crippen LogP contribution in [0.5, 0.6) is 5.75 Å². The first-order chi connectivity index (χ1) is 9.26. The van der Waals surface area contributed by atoms with Crippen molar-refractivity contribution in [1.82, 2.24) is 14.9 Å². The summed E-state index contributed by atoms with van der Waals surface area (Å²) in [6.07, 6.45) is 4.65. The molecule has 1 aromatic carbocycles. The van der Waals surface area contributed by atoms with Gasteiger partial charge in [0.25, 0.3) is 0 Å². The van der Waals surface area contributed by atoms with Crippen LogP contribution in [0.4, 0.5) is 0 Å². The summed E-state index contributed by atoms with van der Waals surface area (Å²) in [6, 6.07) is 8.35. The highest BCUT2D eigenvalue weighted by Crippen LogP contribution is 2.26. The van der Waals surface area contributed by atoms with Crippen LogP contribution in [0.2, 0.25) is 0 Å². The predicted octanol–water partition coefficient (Wildman–Crippen LogP) is 2.32. The lowest BCUT2D eigenvalue weighted by atomic mass is 10.0. The van der Waals surface area contributed by atoms with Crippen LogP contribution in [0.3, 0.4) is 0 Å². The van der Waals surface area contributed by atoms with E-state index in [9.17, 15) is 0 Å². The molecule has 102 valence electrons. The average molecular weight is 259 g/mol. The molecule has 4 nitrogen and oxygen atoms in total. The molecule has 0 spiro atoms. The average Bonchev–Trinajstić information content (AvgIpc) is 2.84. The summed E-state index contributed by atoms with van der Waals surface area (Å²) < 4.78 is 7.51. The van der Waals surface area contributed by atoms with Crippen molar-refractivity contribution in [1.29, 1.82) is 0 Å². The van der Waals surface area contributed by atoms with Crippen LogP contribution in [-0.4, -0.2) is 23.2 Å². The molecule has 19 heavy (non-hydrogen) atoms. The summed E-state index contributed by atoms with van der Waals surface area (Å²) in [5.74, 6) is 1.99. The number of rotatable bonds is 6. The van der Waals surface area contributed by atoms with Crippen LogP contribution >= 0.6 is 0 Å². The molecule has 0 fully saturated rings. The van der Waals surface area contributed by atoms with E-state index < -0.39 is 0 Å². The van der Waals surface area contributed by atoms with Gasteiger partial charge in [0.05, 0.1) is 7.11 Å². The van der Waals surface area contributed by atoms with Crippen molar-refractivity contribution in [3.05, 3.63) is 48.0 Å². The highest BCUT2D eigenvalue weighted by atomic mass is 16.5. The lowest BCUT2D eigenvalue weighted by Crippen LogP contribution is -2.24. The highest BCUT2D eigenvalue weighted by molar-refractivity contribution is 5.36. The molecule has 0 aliphatic carbocycles. The maximum atomic E-state index is 5.45. The maximum Gasteiger partial charge on any atom is 0.123 e. The van der Waals surface area contributed by atoms with E-state index in [1.54, 1.807) is 7.11 Å². The molecule has 4 heteroatoms. The van der Waals surface area contributed by atoms with Gasteiger partial charge in [0, 0.05) is 37.5 Å². The number of nitrogens with one attached hydrogen (secondary N) is 1. The molecule has 0 amide bonds. The number of imidazole rings is 1. The lowest BCUT2D eigenvalue weighted by molar-refractivity contribution is 0.398. The Hall–Kier alpha value is -1.81. The van der Waals surface area contributed by atoms with E-state index in [2.05, 4.69) is 27.9 Å². The van der Waals surface area contributed by atoms with E-state index in [1.165, 1.54) is 5.56 Å². The number of likely N-dealkylation sites (N-methyl/N-ethyl adjacent to an activating group) is 1. The fraction of sp³-hybridized carbons (Fsp3) is 0.400. The zero-order valence-corrected chi connectivity index (χ0v) is 11.8. The molecule has 0 bridgehead atoms. The van der Waals surface area contributed by atoms with Gasteiger partial charge in [0.15, 0.2) is 0 Å². The Labute approximate surface area is 114 Å². The van der Waals surface area contributed by atoms with Crippen molar-refractivity contribution < 1.29 is 4.74 Å². The van der Waals surface area contributed by atoms with Gasteiger partial charge >= 0.3 is 0 Å². The number of aromatic nitrogens is 2. The zero-order chi connectivity index (χ0) is 13.7. The molecule has 1 atom stereocenters. The molecular weight excluding hydrogens is 238 g/mol. The lowest BCUT2D eigenvalue weighted by Gasteiger charge is -2.20. The van der Waals surface area contributed by atoms with E-state index >= 15 is 0 Å². The standard InChI is InChI=1S/C15H21N3O/c1-4-16-13(11-15-17-9-10-18(15)2)12-7-5-6-8-14(12)19-3/h5-10,13,16H,4,11H2,1-3H3. The first kappa shape index (κ1) is 13.6. The topological polar surface area (TPSA) is 39.1 Å². The number of para-hydroxylation sites is 1. The third-order valence-electron chi connectivity index (χ3n) is 3.27. The molecule has 2 rings (SSSR count). The van der Waals surface area contributed by atoms with Crippen molar-refractivity contribution in [2.24, 2.45) is 7.05 Å². The molecule has 1 unspecified atom stereocenters. The molecule has 0 saturated heterocycles. The van der Waals surface area contributed by atoms with E-state index in [0.717, 1.165) is 24.5 Å². The molecule has 0 saturated carbocycles. The summed E-state index contributed by atoms with van der Waals surface area (Å²) in [5.41, 5.74) is 1.18. The number of nitrogens with zero attached hydrogens (tertiary/aromatic N) is 2. The summed E-state index contributed by atoms with van der Waals surface area (Å²) >= 11 is 0. The number of ether oxygens (including phenoxy) is 1. The number of hydrogen-bond donors (Lipinski definition) is 1. The second-order valence-electron chi connectivity index (χ2n) is 4.51. The van der Waals surface area contributed by atoms with E-state index in [0.29, 0.717) is 0 Å². The molecule has 2 aromatic rings. The third-order valence-corrected chi connectivity index (χ3v) is 3.27. The van der Waals surface area contributed by atoms with Gasteiger partial charge in [-0.3, -0.25) is 0 Å². The van der Waals surface area contributed by atoms with Crippen molar-refractivity contribution in [2.45, 2.75) is 19.4 Å². The van der Waals surface area contributed by atoms with Crippen molar-refractivity contribution in [3.8, 4) is 5.75 Å². The van der Waals surface area contributed by atoms with Crippen LogP contribution in [0.25, 0.3) is 0 Å². The number of benzene rings is 1. The van der Waals surface area contributed by atoms with Gasteiger partial charge < -0.3 is 14.6 Å². The summed E-state index contributed by atoms with van der Waals surface area (Å²) in [4.78, 5) is 4.40. The number of aryl methyl sites for hydroxylation is 1. The maximum absolute atomic E-state index is 5.45. The second kappa shape index (κ2) is 6.38. The molecule has 1 N–H and O–H groups in total.